The average Bonchev–Trinajstić information content (AvgIpc) is 2.84. The summed E-state index contributed by atoms with van der Waals surface area (Å²) >= 11 is 0. The summed E-state index contributed by atoms with van der Waals surface area (Å²) in [6, 6.07) is 15.2. The Bertz CT molecular complexity index is 895. The van der Waals surface area contributed by atoms with Crippen LogP contribution in [0.2, 0.25) is 0 Å². The molecule has 0 aromatic heterocycles. The summed E-state index contributed by atoms with van der Waals surface area (Å²) in [7, 11) is 5.31. The van der Waals surface area contributed by atoms with Gasteiger partial charge in [0.25, 0.3) is 0 Å². The molecule has 2 aromatic rings. The van der Waals surface area contributed by atoms with Crippen molar-refractivity contribution in [3.05, 3.63) is 59.7 Å². The second-order valence-electron chi connectivity index (χ2n) is 7.83. The Kier molecular flexibility index (Phi) is 8.47. The van der Waals surface area contributed by atoms with Gasteiger partial charge in [-0.05, 0) is 30.8 Å². The highest BCUT2D eigenvalue weighted by Crippen LogP contribution is 2.24. The summed E-state index contributed by atoms with van der Waals surface area (Å²) in [5, 5.41) is 5.48. The number of hydrogen-bond donors (Lipinski definition) is 2. The fourth-order valence-corrected chi connectivity index (χ4v) is 3.79. The molecule has 0 unspecified atom stereocenters. The Balaban J connectivity index is 1.61. The number of amides is 2. The van der Waals surface area contributed by atoms with E-state index in [-0.39, 0.29) is 12.6 Å². The van der Waals surface area contributed by atoms with Crippen molar-refractivity contribution in [1.29, 1.82) is 0 Å². The first-order chi connectivity index (χ1) is 15.5. The van der Waals surface area contributed by atoms with Crippen LogP contribution in [0, 0.1) is 0 Å². The van der Waals surface area contributed by atoms with Gasteiger partial charge < -0.3 is 25.0 Å². The van der Waals surface area contributed by atoms with E-state index in [0.29, 0.717) is 12.3 Å². The molecule has 8 nitrogen and oxygen atoms in total. The summed E-state index contributed by atoms with van der Waals surface area (Å²) in [6.07, 6.45) is 0. The second kappa shape index (κ2) is 11.5. The summed E-state index contributed by atoms with van der Waals surface area (Å²) in [5.41, 5.74) is 1.88. The van der Waals surface area contributed by atoms with Gasteiger partial charge in [0.05, 0.1) is 20.3 Å². The van der Waals surface area contributed by atoms with Crippen molar-refractivity contribution < 1.29 is 19.1 Å². The van der Waals surface area contributed by atoms with E-state index in [4.69, 9.17) is 9.47 Å². The van der Waals surface area contributed by atoms with Gasteiger partial charge in [-0.25, -0.2) is 0 Å². The summed E-state index contributed by atoms with van der Waals surface area (Å²) in [5.74, 6) is 0.142. The number of nitrogens with one attached hydrogen (secondary N) is 2. The molecule has 1 saturated heterocycles. The zero-order valence-electron chi connectivity index (χ0n) is 19.0. The van der Waals surface area contributed by atoms with Gasteiger partial charge in [-0.3, -0.25) is 14.5 Å². The maximum Gasteiger partial charge on any atom is 0.309 e. The van der Waals surface area contributed by atoms with Crippen LogP contribution < -0.4 is 20.1 Å². The van der Waals surface area contributed by atoms with E-state index in [2.05, 4.69) is 27.5 Å². The largest absolute Gasteiger partial charge is 0.497 e. The third kappa shape index (κ3) is 6.21. The molecule has 1 atom stereocenters. The number of hydrogen-bond acceptors (Lipinski definition) is 6. The monoisotopic (exact) mass is 440 g/mol. The van der Waals surface area contributed by atoms with E-state index < -0.39 is 11.8 Å². The number of methoxy groups -OCH3 is 2. The van der Waals surface area contributed by atoms with Gasteiger partial charge in [0, 0.05) is 44.8 Å². The molecule has 0 bridgehead atoms. The van der Waals surface area contributed by atoms with Crippen LogP contribution in [0.15, 0.2) is 48.5 Å². The van der Waals surface area contributed by atoms with Gasteiger partial charge in [0.1, 0.15) is 11.5 Å². The van der Waals surface area contributed by atoms with Crippen LogP contribution in [-0.2, 0) is 16.1 Å². The molecule has 1 heterocycles. The van der Waals surface area contributed by atoms with Gasteiger partial charge in [-0.15, -0.1) is 0 Å². The third-order valence-corrected chi connectivity index (χ3v) is 5.77. The average molecular weight is 441 g/mol. The number of ether oxygens (including phenoxy) is 2. The van der Waals surface area contributed by atoms with Crippen molar-refractivity contribution in [3.63, 3.8) is 0 Å². The van der Waals surface area contributed by atoms with Crippen molar-refractivity contribution in [2.24, 2.45) is 0 Å². The molecule has 1 fully saturated rings. The standard InChI is InChI=1S/C24H32N4O4/c1-27-12-14-28(15-13-27)21(18-8-10-20(31-2)11-9-18)17-26-24(30)23(29)25-16-19-6-4-5-7-22(19)32-3/h4-11,21H,12-17H2,1-3H3,(H,25,29)(H,26,30)/t21-/m0/s1. The topological polar surface area (TPSA) is 83.1 Å². The first kappa shape index (κ1) is 23.6. The fourth-order valence-electron chi connectivity index (χ4n) is 3.79. The minimum atomic E-state index is -0.664. The number of likely N-dealkylation sites (N-methyl/N-ethyl adjacent to an activating group) is 1. The molecule has 2 N–H and O–H groups in total. The quantitative estimate of drug-likeness (QED) is 0.605. The van der Waals surface area contributed by atoms with E-state index in [1.807, 2.05) is 48.5 Å². The van der Waals surface area contributed by atoms with E-state index in [1.165, 1.54) is 0 Å². The normalized spacial score (nSPS) is 15.6. The maximum atomic E-state index is 12.5. The molecular formula is C24H32N4O4. The zero-order valence-corrected chi connectivity index (χ0v) is 19.0. The predicted molar refractivity (Wildman–Crippen MR) is 123 cm³/mol. The highest BCUT2D eigenvalue weighted by molar-refractivity contribution is 6.35. The molecule has 0 aliphatic carbocycles. The van der Waals surface area contributed by atoms with Crippen LogP contribution >= 0.6 is 0 Å². The minimum absolute atomic E-state index is 0.0272. The van der Waals surface area contributed by atoms with Crippen molar-refractivity contribution in [3.8, 4) is 11.5 Å². The summed E-state index contributed by atoms with van der Waals surface area (Å²) < 4.78 is 10.6. The lowest BCUT2D eigenvalue weighted by atomic mass is 10.0. The Morgan fingerprint density at radius 2 is 1.56 bits per heavy atom. The van der Waals surface area contributed by atoms with Crippen molar-refractivity contribution in [1.82, 2.24) is 20.4 Å². The van der Waals surface area contributed by atoms with Crippen molar-refractivity contribution in [2.45, 2.75) is 12.6 Å². The van der Waals surface area contributed by atoms with Crippen LogP contribution in [0.3, 0.4) is 0 Å². The number of carbonyl (C=O) groups is 2. The third-order valence-electron chi connectivity index (χ3n) is 5.77. The molecule has 1 aliphatic heterocycles. The van der Waals surface area contributed by atoms with E-state index in [0.717, 1.165) is 43.1 Å². The van der Waals surface area contributed by atoms with Crippen LogP contribution in [-0.4, -0.2) is 75.6 Å². The second-order valence-corrected chi connectivity index (χ2v) is 7.83. The fraction of sp³-hybridized carbons (Fsp3) is 0.417. The molecule has 3 rings (SSSR count). The van der Waals surface area contributed by atoms with Crippen LogP contribution in [0.25, 0.3) is 0 Å². The molecule has 0 saturated carbocycles. The highest BCUT2D eigenvalue weighted by Gasteiger charge is 2.25. The lowest BCUT2D eigenvalue weighted by Crippen LogP contribution is -2.49. The summed E-state index contributed by atoms with van der Waals surface area (Å²) in [4.78, 5) is 29.5. The van der Waals surface area contributed by atoms with E-state index in [9.17, 15) is 9.59 Å². The van der Waals surface area contributed by atoms with Gasteiger partial charge >= 0.3 is 11.8 Å². The summed E-state index contributed by atoms with van der Waals surface area (Å²) in [6.45, 7) is 4.26. The molecule has 0 radical (unpaired) electrons. The number of nitrogens with zero attached hydrogens (tertiary/aromatic N) is 2. The van der Waals surface area contributed by atoms with Gasteiger partial charge in [0.15, 0.2) is 0 Å². The Morgan fingerprint density at radius 1 is 0.906 bits per heavy atom. The van der Waals surface area contributed by atoms with Crippen LogP contribution in [0.1, 0.15) is 17.2 Å². The number of para-hydroxylation sites is 1. The van der Waals surface area contributed by atoms with Gasteiger partial charge in [0.2, 0.25) is 0 Å². The maximum absolute atomic E-state index is 12.5. The number of rotatable bonds is 8. The van der Waals surface area contributed by atoms with Gasteiger partial charge in [-0.1, -0.05) is 30.3 Å². The molecule has 32 heavy (non-hydrogen) atoms. The van der Waals surface area contributed by atoms with Crippen LogP contribution in [0.4, 0.5) is 0 Å². The lowest BCUT2D eigenvalue weighted by molar-refractivity contribution is -0.139. The van der Waals surface area contributed by atoms with Gasteiger partial charge in [-0.2, -0.15) is 0 Å². The highest BCUT2D eigenvalue weighted by atomic mass is 16.5. The first-order valence-electron chi connectivity index (χ1n) is 10.8. The molecular weight excluding hydrogens is 408 g/mol. The molecule has 8 heteroatoms. The zero-order chi connectivity index (χ0) is 22.9. The van der Waals surface area contributed by atoms with E-state index >= 15 is 0 Å². The Labute approximate surface area is 189 Å². The van der Waals surface area contributed by atoms with E-state index in [1.54, 1.807) is 14.2 Å². The molecule has 2 aromatic carbocycles. The molecule has 2 amide bonds. The Morgan fingerprint density at radius 3 is 2.22 bits per heavy atom. The van der Waals surface area contributed by atoms with Crippen molar-refractivity contribution >= 4 is 11.8 Å². The molecule has 0 spiro atoms. The smallest absolute Gasteiger partial charge is 0.309 e. The number of carbonyl (C=O) groups excluding carboxylic acids is 2. The minimum Gasteiger partial charge on any atom is -0.497 e. The lowest BCUT2D eigenvalue weighted by Gasteiger charge is -2.38. The van der Waals surface area contributed by atoms with Crippen molar-refractivity contribution in [2.75, 3.05) is 54.0 Å². The Hall–Kier alpha value is -3.10. The van der Waals surface area contributed by atoms with Crippen LogP contribution in [0.5, 0.6) is 11.5 Å². The first-order valence-corrected chi connectivity index (χ1v) is 10.8. The SMILES string of the molecule is COc1ccc([C@H](CNC(=O)C(=O)NCc2ccccc2OC)N2CCN(C)CC2)cc1. The predicted octanol–water partition coefficient (Wildman–Crippen LogP) is 1.42. The molecule has 172 valence electrons. The molecule has 1 aliphatic rings. The number of piperazine rings is 1. The number of benzene rings is 2.